The SMILES string of the molecule is Cc1ccc(C(CN)N(C)CCN(C)C)cc1. The van der Waals surface area contributed by atoms with Crippen molar-refractivity contribution in [1.82, 2.24) is 9.80 Å². The smallest absolute Gasteiger partial charge is 0.0467 e. The number of aryl methyl sites for hydroxylation is 1. The number of likely N-dealkylation sites (N-methyl/N-ethyl adjacent to an activating group) is 2. The minimum Gasteiger partial charge on any atom is -0.329 e. The zero-order chi connectivity index (χ0) is 12.8. The summed E-state index contributed by atoms with van der Waals surface area (Å²) < 4.78 is 0. The second-order valence-electron chi connectivity index (χ2n) is 4.95. The van der Waals surface area contributed by atoms with Gasteiger partial charge in [-0.1, -0.05) is 29.8 Å². The summed E-state index contributed by atoms with van der Waals surface area (Å²) in [6.45, 7) is 4.85. The Morgan fingerprint density at radius 2 is 1.65 bits per heavy atom. The van der Waals surface area contributed by atoms with Crippen LogP contribution in [0, 0.1) is 6.92 Å². The summed E-state index contributed by atoms with van der Waals surface area (Å²) >= 11 is 0. The fourth-order valence-electron chi connectivity index (χ4n) is 1.87. The van der Waals surface area contributed by atoms with Gasteiger partial charge in [0.15, 0.2) is 0 Å². The molecule has 0 bridgehead atoms. The first-order chi connectivity index (χ1) is 8.04. The van der Waals surface area contributed by atoms with Gasteiger partial charge in [0.1, 0.15) is 0 Å². The Morgan fingerprint density at radius 1 is 1.06 bits per heavy atom. The van der Waals surface area contributed by atoms with Crippen molar-refractivity contribution in [3.63, 3.8) is 0 Å². The van der Waals surface area contributed by atoms with Crippen molar-refractivity contribution in [3.05, 3.63) is 35.4 Å². The third-order valence-corrected chi connectivity index (χ3v) is 3.12. The summed E-state index contributed by atoms with van der Waals surface area (Å²) in [4.78, 5) is 4.52. The van der Waals surface area contributed by atoms with E-state index >= 15 is 0 Å². The van der Waals surface area contributed by atoms with Crippen LogP contribution < -0.4 is 5.73 Å². The molecule has 1 atom stereocenters. The zero-order valence-electron chi connectivity index (χ0n) is 11.5. The molecule has 0 spiro atoms. The molecule has 0 heterocycles. The van der Waals surface area contributed by atoms with Crippen LogP contribution in [0.15, 0.2) is 24.3 Å². The van der Waals surface area contributed by atoms with Gasteiger partial charge >= 0.3 is 0 Å². The molecule has 0 radical (unpaired) electrons. The van der Waals surface area contributed by atoms with Crippen LogP contribution in [0.2, 0.25) is 0 Å². The van der Waals surface area contributed by atoms with E-state index in [1.165, 1.54) is 11.1 Å². The predicted molar refractivity (Wildman–Crippen MR) is 74.2 cm³/mol. The molecule has 1 unspecified atom stereocenters. The molecule has 2 N–H and O–H groups in total. The van der Waals surface area contributed by atoms with E-state index < -0.39 is 0 Å². The average Bonchev–Trinajstić information content (AvgIpc) is 2.30. The van der Waals surface area contributed by atoms with Crippen LogP contribution in [0.25, 0.3) is 0 Å². The quantitative estimate of drug-likeness (QED) is 0.811. The number of nitrogens with zero attached hydrogens (tertiary/aromatic N) is 2. The van der Waals surface area contributed by atoms with Gasteiger partial charge in [-0.2, -0.15) is 0 Å². The third-order valence-electron chi connectivity index (χ3n) is 3.12. The van der Waals surface area contributed by atoms with Gasteiger partial charge in [-0.25, -0.2) is 0 Å². The van der Waals surface area contributed by atoms with Gasteiger partial charge in [-0.3, -0.25) is 4.90 Å². The van der Waals surface area contributed by atoms with E-state index in [2.05, 4.69) is 62.1 Å². The molecule has 1 aromatic carbocycles. The fourth-order valence-corrected chi connectivity index (χ4v) is 1.87. The maximum absolute atomic E-state index is 5.89. The maximum Gasteiger partial charge on any atom is 0.0467 e. The summed E-state index contributed by atoms with van der Waals surface area (Å²) in [5.41, 5.74) is 8.49. The molecule has 0 saturated heterocycles. The van der Waals surface area contributed by atoms with Gasteiger partial charge < -0.3 is 10.6 Å². The highest BCUT2D eigenvalue weighted by Crippen LogP contribution is 2.18. The van der Waals surface area contributed by atoms with Gasteiger partial charge in [0, 0.05) is 25.7 Å². The standard InChI is InChI=1S/C14H25N3/c1-12-5-7-13(8-6-12)14(11-15)17(4)10-9-16(2)3/h5-8,14H,9-11,15H2,1-4H3. The topological polar surface area (TPSA) is 32.5 Å². The molecule has 0 aliphatic heterocycles. The van der Waals surface area contributed by atoms with Crippen molar-refractivity contribution >= 4 is 0 Å². The molecule has 0 amide bonds. The Morgan fingerprint density at radius 3 is 2.12 bits per heavy atom. The van der Waals surface area contributed by atoms with Crippen LogP contribution in [0.3, 0.4) is 0 Å². The van der Waals surface area contributed by atoms with Crippen molar-refractivity contribution in [3.8, 4) is 0 Å². The summed E-state index contributed by atoms with van der Waals surface area (Å²) in [7, 11) is 6.33. The van der Waals surface area contributed by atoms with E-state index in [-0.39, 0.29) is 0 Å². The minimum atomic E-state index is 0.315. The molecular weight excluding hydrogens is 210 g/mol. The van der Waals surface area contributed by atoms with E-state index in [4.69, 9.17) is 5.73 Å². The Hall–Kier alpha value is -0.900. The second kappa shape index (κ2) is 6.74. The first kappa shape index (κ1) is 14.2. The van der Waals surface area contributed by atoms with Gasteiger partial charge in [0.05, 0.1) is 0 Å². The fraction of sp³-hybridized carbons (Fsp3) is 0.571. The Bertz CT molecular complexity index is 319. The molecule has 1 aromatic rings. The lowest BCUT2D eigenvalue weighted by Crippen LogP contribution is -2.35. The lowest BCUT2D eigenvalue weighted by Gasteiger charge is -2.28. The Balaban J connectivity index is 2.66. The average molecular weight is 235 g/mol. The number of nitrogens with two attached hydrogens (primary N) is 1. The van der Waals surface area contributed by atoms with Crippen LogP contribution in [0.5, 0.6) is 0 Å². The molecule has 3 heteroatoms. The summed E-state index contributed by atoms with van der Waals surface area (Å²) in [6.07, 6.45) is 0. The molecule has 96 valence electrons. The second-order valence-corrected chi connectivity index (χ2v) is 4.95. The first-order valence-electron chi connectivity index (χ1n) is 6.16. The zero-order valence-corrected chi connectivity index (χ0v) is 11.5. The predicted octanol–water partition coefficient (Wildman–Crippen LogP) is 1.49. The van der Waals surface area contributed by atoms with Crippen LogP contribution in [-0.2, 0) is 0 Å². The number of hydrogen-bond donors (Lipinski definition) is 1. The van der Waals surface area contributed by atoms with Gasteiger partial charge in [0.25, 0.3) is 0 Å². The third kappa shape index (κ3) is 4.46. The molecule has 1 rings (SSSR count). The number of rotatable bonds is 6. The van der Waals surface area contributed by atoms with Crippen molar-refractivity contribution in [2.75, 3.05) is 40.8 Å². The Labute approximate surface area is 105 Å². The van der Waals surface area contributed by atoms with E-state index in [9.17, 15) is 0 Å². The molecule has 0 aliphatic rings. The summed E-state index contributed by atoms with van der Waals surface area (Å²) in [6, 6.07) is 8.98. The first-order valence-corrected chi connectivity index (χ1v) is 6.16. The summed E-state index contributed by atoms with van der Waals surface area (Å²) in [5, 5.41) is 0. The van der Waals surface area contributed by atoms with Gasteiger partial charge in [0.2, 0.25) is 0 Å². The van der Waals surface area contributed by atoms with E-state index in [0.717, 1.165) is 13.1 Å². The molecule has 0 aliphatic carbocycles. The molecule has 0 fully saturated rings. The van der Waals surface area contributed by atoms with Crippen molar-refractivity contribution in [1.29, 1.82) is 0 Å². The molecule has 0 aromatic heterocycles. The molecular formula is C14H25N3. The van der Waals surface area contributed by atoms with E-state index in [1.54, 1.807) is 0 Å². The lowest BCUT2D eigenvalue weighted by atomic mass is 10.0. The molecule has 3 nitrogen and oxygen atoms in total. The number of benzene rings is 1. The van der Waals surface area contributed by atoms with Gasteiger partial charge in [-0.15, -0.1) is 0 Å². The van der Waals surface area contributed by atoms with E-state index in [0.29, 0.717) is 12.6 Å². The highest BCUT2D eigenvalue weighted by atomic mass is 15.2. The van der Waals surface area contributed by atoms with Crippen molar-refractivity contribution < 1.29 is 0 Å². The van der Waals surface area contributed by atoms with Crippen molar-refractivity contribution in [2.45, 2.75) is 13.0 Å². The maximum atomic E-state index is 5.89. The molecule has 17 heavy (non-hydrogen) atoms. The minimum absolute atomic E-state index is 0.315. The van der Waals surface area contributed by atoms with Crippen LogP contribution in [-0.4, -0.2) is 50.6 Å². The van der Waals surface area contributed by atoms with Crippen LogP contribution >= 0.6 is 0 Å². The monoisotopic (exact) mass is 235 g/mol. The highest BCUT2D eigenvalue weighted by Gasteiger charge is 2.14. The normalized spacial score (nSPS) is 13.4. The highest BCUT2D eigenvalue weighted by molar-refractivity contribution is 5.24. The summed E-state index contributed by atoms with van der Waals surface area (Å²) in [5.74, 6) is 0. The van der Waals surface area contributed by atoms with Crippen LogP contribution in [0.1, 0.15) is 17.2 Å². The number of hydrogen-bond acceptors (Lipinski definition) is 3. The largest absolute Gasteiger partial charge is 0.329 e. The van der Waals surface area contributed by atoms with Crippen molar-refractivity contribution in [2.24, 2.45) is 5.73 Å². The lowest BCUT2D eigenvalue weighted by molar-refractivity contribution is 0.223. The van der Waals surface area contributed by atoms with Gasteiger partial charge in [-0.05, 0) is 33.6 Å². The van der Waals surface area contributed by atoms with Crippen LogP contribution in [0.4, 0.5) is 0 Å². The molecule has 0 saturated carbocycles. The Kier molecular flexibility index (Phi) is 5.62. The van der Waals surface area contributed by atoms with E-state index in [1.807, 2.05) is 0 Å².